The molecule has 1 aromatic heterocycles. The second-order valence-corrected chi connectivity index (χ2v) is 7.59. The Bertz CT molecular complexity index is 761. The summed E-state index contributed by atoms with van der Waals surface area (Å²) in [5, 5.41) is 6.27. The van der Waals surface area contributed by atoms with Gasteiger partial charge in [-0.1, -0.05) is 6.07 Å². The van der Waals surface area contributed by atoms with E-state index in [1.807, 2.05) is 31.2 Å². The minimum Gasteiger partial charge on any atom is -0.357 e. The Labute approximate surface area is 186 Å². The molecule has 0 spiro atoms. The van der Waals surface area contributed by atoms with Crippen LogP contribution >= 0.6 is 35.3 Å². The summed E-state index contributed by atoms with van der Waals surface area (Å²) >= 11 is 1.61. The Hall–Kier alpha value is -1.33. The predicted octanol–water partition coefficient (Wildman–Crippen LogP) is 4.05. The normalized spacial score (nSPS) is 12.6. The van der Waals surface area contributed by atoms with Gasteiger partial charge >= 0.3 is 0 Å². The Morgan fingerprint density at radius 1 is 1.25 bits per heavy atom. The van der Waals surface area contributed by atoms with Gasteiger partial charge in [-0.3, -0.25) is 4.99 Å². The van der Waals surface area contributed by atoms with Crippen LogP contribution in [0.15, 0.2) is 28.6 Å². The van der Waals surface area contributed by atoms with Crippen molar-refractivity contribution in [3.8, 4) is 0 Å². The van der Waals surface area contributed by atoms with Crippen LogP contribution in [0, 0.1) is 18.6 Å². The number of hydrogen-bond acceptors (Lipinski definition) is 4. The van der Waals surface area contributed by atoms with Crippen LogP contribution in [0.3, 0.4) is 0 Å². The fraction of sp³-hybridized carbons (Fsp3) is 0.474. The van der Waals surface area contributed by atoms with Crippen molar-refractivity contribution in [2.75, 3.05) is 34.2 Å². The monoisotopic (exact) mass is 523 g/mol. The summed E-state index contributed by atoms with van der Waals surface area (Å²) in [4.78, 5) is 12.8. The van der Waals surface area contributed by atoms with Crippen LogP contribution in [-0.2, 0) is 6.54 Å². The number of nitrogens with zero attached hydrogens (tertiary/aromatic N) is 4. The molecule has 2 aromatic rings. The quantitative estimate of drug-likeness (QED) is 0.338. The number of likely N-dealkylation sites (N-methyl/N-ethyl adjacent to an activating group) is 1. The Morgan fingerprint density at radius 3 is 2.39 bits per heavy atom. The van der Waals surface area contributed by atoms with Crippen LogP contribution in [-0.4, -0.2) is 55.0 Å². The van der Waals surface area contributed by atoms with Crippen molar-refractivity contribution in [1.82, 2.24) is 20.1 Å². The van der Waals surface area contributed by atoms with Gasteiger partial charge in [-0.2, -0.15) is 0 Å². The van der Waals surface area contributed by atoms with E-state index in [-0.39, 0.29) is 36.1 Å². The summed E-state index contributed by atoms with van der Waals surface area (Å²) in [6.07, 6.45) is 0. The van der Waals surface area contributed by atoms with Gasteiger partial charge in [0.05, 0.1) is 29.8 Å². The Morgan fingerprint density at radius 2 is 1.89 bits per heavy atom. The van der Waals surface area contributed by atoms with Gasteiger partial charge in [0.2, 0.25) is 0 Å². The number of aryl methyl sites for hydroxylation is 1. The highest BCUT2D eigenvalue weighted by Gasteiger charge is 2.22. The van der Waals surface area contributed by atoms with Gasteiger partial charge in [-0.05, 0) is 40.1 Å². The van der Waals surface area contributed by atoms with Crippen LogP contribution < -0.4 is 5.32 Å². The smallest absolute Gasteiger partial charge is 0.194 e. The number of halogens is 3. The van der Waals surface area contributed by atoms with Crippen molar-refractivity contribution in [3.63, 3.8) is 0 Å². The summed E-state index contributed by atoms with van der Waals surface area (Å²) in [6, 6.07) is 3.42. The zero-order valence-electron chi connectivity index (χ0n) is 16.9. The molecule has 0 aliphatic heterocycles. The molecule has 0 saturated heterocycles. The molecule has 1 N–H and O–H groups in total. The summed E-state index contributed by atoms with van der Waals surface area (Å²) in [5.74, 6) is -0.438. The van der Waals surface area contributed by atoms with Gasteiger partial charge in [0.15, 0.2) is 5.96 Å². The van der Waals surface area contributed by atoms with Crippen molar-refractivity contribution in [1.29, 1.82) is 0 Å². The van der Waals surface area contributed by atoms with Gasteiger partial charge in [0, 0.05) is 24.5 Å². The van der Waals surface area contributed by atoms with Crippen molar-refractivity contribution in [3.05, 3.63) is 51.5 Å². The average Bonchev–Trinajstić information content (AvgIpc) is 3.00. The highest BCUT2D eigenvalue weighted by Crippen LogP contribution is 2.25. The maximum Gasteiger partial charge on any atom is 0.194 e. The molecule has 1 atom stereocenters. The molecule has 0 aliphatic rings. The minimum absolute atomic E-state index is 0. The zero-order valence-corrected chi connectivity index (χ0v) is 20.0. The third kappa shape index (κ3) is 6.63. The van der Waals surface area contributed by atoms with E-state index in [0.29, 0.717) is 19.0 Å². The third-order valence-corrected chi connectivity index (χ3v) is 4.95. The molecule has 0 bridgehead atoms. The predicted molar refractivity (Wildman–Crippen MR) is 122 cm³/mol. The van der Waals surface area contributed by atoms with Crippen molar-refractivity contribution in [2.45, 2.75) is 26.4 Å². The molecular weight excluding hydrogens is 495 g/mol. The van der Waals surface area contributed by atoms with Gasteiger partial charge < -0.3 is 15.1 Å². The second-order valence-electron chi connectivity index (χ2n) is 6.52. The Balaban J connectivity index is 0.00000392. The standard InChI is InChI=1S/C19H27F2N5S.HI/c1-6-22-19(26(5)11-14-12-27-13(2)24-14)23-10-17(25(3)4)18-15(20)8-7-9-16(18)21;/h7-9,12,17H,6,10-11H2,1-5H3,(H,22,23);1H. The summed E-state index contributed by atoms with van der Waals surface area (Å²) < 4.78 is 28.5. The van der Waals surface area contributed by atoms with Crippen LogP contribution in [0.5, 0.6) is 0 Å². The van der Waals surface area contributed by atoms with E-state index in [1.165, 1.54) is 18.2 Å². The molecule has 9 heteroatoms. The molecule has 2 rings (SSSR count). The molecule has 0 amide bonds. The third-order valence-electron chi connectivity index (χ3n) is 4.13. The first-order valence-electron chi connectivity index (χ1n) is 8.84. The number of thiazole rings is 1. The van der Waals surface area contributed by atoms with Crippen LogP contribution in [0.2, 0.25) is 0 Å². The number of benzene rings is 1. The fourth-order valence-corrected chi connectivity index (χ4v) is 3.39. The maximum absolute atomic E-state index is 14.2. The number of guanidine groups is 1. The molecule has 0 radical (unpaired) electrons. The van der Waals surface area contributed by atoms with E-state index in [0.717, 1.165) is 10.7 Å². The minimum atomic E-state index is -0.555. The van der Waals surface area contributed by atoms with Crippen molar-refractivity contribution < 1.29 is 8.78 Å². The molecule has 28 heavy (non-hydrogen) atoms. The zero-order chi connectivity index (χ0) is 20.0. The van der Waals surface area contributed by atoms with Crippen LogP contribution in [0.4, 0.5) is 8.78 Å². The first-order valence-corrected chi connectivity index (χ1v) is 9.72. The highest BCUT2D eigenvalue weighted by molar-refractivity contribution is 14.0. The molecular formula is C19H28F2IN5S. The number of aromatic nitrogens is 1. The van der Waals surface area contributed by atoms with E-state index in [9.17, 15) is 8.78 Å². The Kier molecular flexibility index (Phi) is 10.3. The van der Waals surface area contributed by atoms with Gasteiger partial charge in [-0.15, -0.1) is 35.3 Å². The molecule has 1 aromatic carbocycles. The molecule has 0 saturated carbocycles. The molecule has 0 fully saturated rings. The topological polar surface area (TPSA) is 43.8 Å². The van der Waals surface area contributed by atoms with Crippen LogP contribution in [0.25, 0.3) is 0 Å². The molecule has 5 nitrogen and oxygen atoms in total. The van der Waals surface area contributed by atoms with Gasteiger partial charge in [0.25, 0.3) is 0 Å². The van der Waals surface area contributed by atoms with E-state index in [4.69, 9.17) is 0 Å². The lowest BCUT2D eigenvalue weighted by Gasteiger charge is -2.26. The molecule has 0 aliphatic carbocycles. The second kappa shape index (κ2) is 11.6. The lowest BCUT2D eigenvalue weighted by Crippen LogP contribution is -2.39. The lowest BCUT2D eigenvalue weighted by atomic mass is 10.0. The van der Waals surface area contributed by atoms with Gasteiger partial charge in [0.1, 0.15) is 11.6 Å². The number of hydrogen-bond donors (Lipinski definition) is 1. The van der Waals surface area contributed by atoms with Crippen LogP contribution in [0.1, 0.15) is 29.2 Å². The largest absolute Gasteiger partial charge is 0.357 e. The maximum atomic E-state index is 14.2. The lowest BCUT2D eigenvalue weighted by molar-refractivity contribution is 0.289. The van der Waals surface area contributed by atoms with Gasteiger partial charge in [-0.25, -0.2) is 13.8 Å². The summed E-state index contributed by atoms with van der Waals surface area (Å²) in [5.41, 5.74) is 1.01. The van der Waals surface area contributed by atoms with Crippen molar-refractivity contribution >= 4 is 41.3 Å². The van der Waals surface area contributed by atoms with E-state index >= 15 is 0 Å². The summed E-state index contributed by atoms with van der Waals surface area (Å²) in [6.45, 7) is 5.48. The molecule has 1 heterocycles. The van der Waals surface area contributed by atoms with E-state index in [2.05, 4.69) is 15.3 Å². The first kappa shape index (κ1) is 24.7. The van der Waals surface area contributed by atoms with E-state index < -0.39 is 17.7 Å². The van der Waals surface area contributed by atoms with E-state index in [1.54, 1.807) is 30.3 Å². The van der Waals surface area contributed by atoms with Crippen molar-refractivity contribution in [2.24, 2.45) is 4.99 Å². The number of nitrogens with one attached hydrogen (secondary N) is 1. The molecule has 1 unspecified atom stereocenters. The average molecular weight is 523 g/mol. The molecule has 156 valence electrons. The first-order chi connectivity index (χ1) is 12.8. The summed E-state index contributed by atoms with van der Waals surface area (Å²) in [7, 11) is 5.51. The number of rotatable bonds is 7. The fourth-order valence-electron chi connectivity index (χ4n) is 2.78. The number of aliphatic imine (C=N–C) groups is 1. The highest BCUT2D eigenvalue weighted by atomic mass is 127. The SMILES string of the molecule is CCNC(=NCC(c1c(F)cccc1F)N(C)C)N(C)Cc1csc(C)n1.I.